The number of carbonyl (C=O) groups is 3. The van der Waals surface area contributed by atoms with Gasteiger partial charge in [0, 0.05) is 18.7 Å². The van der Waals surface area contributed by atoms with E-state index in [4.69, 9.17) is 11.6 Å². The van der Waals surface area contributed by atoms with Crippen molar-refractivity contribution in [3.8, 4) is 0 Å². The number of nitrogens with zero attached hydrogens (tertiary/aromatic N) is 1. The fourth-order valence-corrected chi connectivity index (χ4v) is 4.38. The minimum absolute atomic E-state index is 0.00407. The van der Waals surface area contributed by atoms with E-state index in [0.717, 1.165) is 12.0 Å². The van der Waals surface area contributed by atoms with Crippen LogP contribution >= 0.6 is 11.6 Å². The summed E-state index contributed by atoms with van der Waals surface area (Å²) in [7, 11) is -3.83. The van der Waals surface area contributed by atoms with Crippen LogP contribution in [0.1, 0.15) is 18.4 Å². The van der Waals surface area contributed by atoms with E-state index in [1.54, 1.807) is 29.2 Å². The number of carbonyl (C=O) groups excluding carboxylic acids is 3. The molecule has 0 saturated carbocycles. The number of aryl methyl sites for hydroxylation is 1. The van der Waals surface area contributed by atoms with Crippen molar-refractivity contribution in [2.75, 3.05) is 29.9 Å². The Morgan fingerprint density at radius 3 is 2.41 bits per heavy atom. The molecule has 0 spiro atoms. The normalized spacial score (nSPS) is 13.8. The number of anilines is 2. The van der Waals surface area contributed by atoms with Gasteiger partial charge in [0.05, 0.1) is 28.7 Å². The summed E-state index contributed by atoms with van der Waals surface area (Å²) in [5.74, 6) is -1.16. The molecule has 9 nitrogen and oxygen atoms in total. The van der Waals surface area contributed by atoms with E-state index in [9.17, 15) is 22.8 Å². The second-order valence-corrected chi connectivity index (χ2v) is 9.45. The standard InChI is InChI=1S/C21H23ClN4O5S/c1-14-4-7-16(8-5-14)32(30,31)24-13-19(27)23-12-20(28)25-15-6-9-18(17(22)11-15)26-10-2-3-21(26)29/h4-9,11,24H,2-3,10,12-13H2,1H3,(H,23,27)(H,25,28). The Kier molecular flexibility index (Phi) is 7.49. The van der Waals surface area contributed by atoms with Crippen LogP contribution in [0.25, 0.3) is 0 Å². The van der Waals surface area contributed by atoms with E-state index in [0.29, 0.717) is 29.4 Å². The highest BCUT2D eigenvalue weighted by atomic mass is 35.5. The summed E-state index contributed by atoms with van der Waals surface area (Å²) in [5, 5.41) is 5.27. The van der Waals surface area contributed by atoms with Crippen molar-refractivity contribution in [1.29, 1.82) is 0 Å². The van der Waals surface area contributed by atoms with Gasteiger partial charge in [0.1, 0.15) is 0 Å². The Morgan fingerprint density at radius 1 is 1.06 bits per heavy atom. The largest absolute Gasteiger partial charge is 0.346 e. The van der Waals surface area contributed by atoms with E-state index in [2.05, 4.69) is 15.4 Å². The zero-order chi connectivity index (χ0) is 23.3. The first-order chi connectivity index (χ1) is 15.2. The van der Waals surface area contributed by atoms with Gasteiger partial charge in [-0.15, -0.1) is 0 Å². The molecule has 1 saturated heterocycles. The second-order valence-electron chi connectivity index (χ2n) is 7.28. The molecule has 3 amide bonds. The van der Waals surface area contributed by atoms with Crippen molar-refractivity contribution in [1.82, 2.24) is 10.0 Å². The van der Waals surface area contributed by atoms with Gasteiger partial charge < -0.3 is 15.5 Å². The summed E-state index contributed by atoms with van der Waals surface area (Å²) in [5.41, 5.74) is 1.90. The van der Waals surface area contributed by atoms with Gasteiger partial charge in [-0.25, -0.2) is 13.1 Å². The molecule has 2 aromatic rings. The minimum atomic E-state index is -3.83. The van der Waals surface area contributed by atoms with Crippen molar-refractivity contribution >= 4 is 50.7 Å². The third-order valence-electron chi connectivity index (χ3n) is 4.80. The Labute approximate surface area is 191 Å². The van der Waals surface area contributed by atoms with Crippen LogP contribution in [-0.2, 0) is 24.4 Å². The fraction of sp³-hybridized carbons (Fsp3) is 0.286. The van der Waals surface area contributed by atoms with Gasteiger partial charge in [-0.2, -0.15) is 0 Å². The van der Waals surface area contributed by atoms with Gasteiger partial charge in [-0.3, -0.25) is 14.4 Å². The van der Waals surface area contributed by atoms with Gasteiger partial charge in [0.25, 0.3) is 0 Å². The van der Waals surface area contributed by atoms with E-state index < -0.39 is 28.4 Å². The Bertz CT molecular complexity index is 1140. The van der Waals surface area contributed by atoms with Crippen LogP contribution < -0.4 is 20.3 Å². The van der Waals surface area contributed by atoms with Gasteiger partial charge in [-0.05, 0) is 43.7 Å². The molecule has 0 atom stereocenters. The van der Waals surface area contributed by atoms with E-state index in [1.807, 2.05) is 6.92 Å². The molecule has 3 rings (SSSR count). The molecular formula is C21H23ClN4O5S. The maximum absolute atomic E-state index is 12.2. The highest BCUT2D eigenvalue weighted by molar-refractivity contribution is 7.89. The second kappa shape index (κ2) is 10.1. The molecule has 0 aliphatic carbocycles. The molecule has 170 valence electrons. The summed E-state index contributed by atoms with van der Waals surface area (Å²) in [6, 6.07) is 11.0. The molecule has 11 heteroatoms. The Balaban J connectivity index is 1.47. The number of hydrogen-bond acceptors (Lipinski definition) is 5. The van der Waals surface area contributed by atoms with Gasteiger partial charge >= 0.3 is 0 Å². The maximum Gasteiger partial charge on any atom is 0.243 e. The molecule has 1 aliphatic heterocycles. The summed E-state index contributed by atoms with van der Waals surface area (Å²) in [4.78, 5) is 37.5. The van der Waals surface area contributed by atoms with Crippen LogP contribution in [0.4, 0.5) is 11.4 Å². The number of halogens is 1. The fourth-order valence-electron chi connectivity index (χ4n) is 3.11. The molecule has 0 unspecified atom stereocenters. The van der Waals surface area contributed by atoms with E-state index in [-0.39, 0.29) is 17.3 Å². The van der Waals surface area contributed by atoms with E-state index >= 15 is 0 Å². The van der Waals surface area contributed by atoms with Crippen molar-refractivity contribution < 1.29 is 22.8 Å². The van der Waals surface area contributed by atoms with Gasteiger partial charge in [0.15, 0.2) is 0 Å². The predicted octanol–water partition coefficient (Wildman–Crippen LogP) is 1.81. The molecule has 1 heterocycles. The summed E-state index contributed by atoms with van der Waals surface area (Å²) >= 11 is 6.25. The van der Waals surface area contributed by atoms with Crippen molar-refractivity contribution in [3.05, 3.63) is 53.1 Å². The van der Waals surface area contributed by atoms with Crippen LogP contribution in [0.2, 0.25) is 5.02 Å². The average molecular weight is 479 g/mol. The third-order valence-corrected chi connectivity index (χ3v) is 6.52. The van der Waals surface area contributed by atoms with Crippen molar-refractivity contribution in [3.63, 3.8) is 0 Å². The molecule has 1 aliphatic rings. The quantitative estimate of drug-likeness (QED) is 0.533. The number of hydrogen-bond donors (Lipinski definition) is 3. The average Bonchev–Trinajstić information content (AvgIpc) is 3.17. The highest BCUT2D eigenvalue weighted by Gasteiger charge is 2.23. The molecule has 0 aromatic heterocycles. The molecule has 2 aromatic carbocycles. The van der Waals surface area contributed by atoms with Gasteiger partial charge in [0.2, 0.25) is 27.7 Å². The summed E-state index contributed by atoms with van der Waals surface area (Å²) < 4.78 is 26.6. The molecule has 1 fully saturated rings. The first-order valence-corrected chi connectivity index (χ1v) is 11.7. The van der Waals surface area contributed by atoms with Crippen molar-refractivity contribution in [2.24, 2.45) is 0 Å². The molecular weight excluding hydrogens is 456 g/mol. The number of benzene rings is 2. The smallest absolute Gasteiger partial charge is 0.243 e. The maximum atomic E-state index is 12.2. The monoisotopic (exact) mass is 478 g/mol. The number of sulfonamides is 1. The lowest BCUT2D eigenvalue weighted by molar-refractivity contribution is -0.123. The van der Waals surface area contributed by atoms with Crippen LogP contribution in [0.5, 0.6) is 0 Å². The highest BCUT2D eigenvalue weighted by Crippen LogP contribution is 2.31. The summed E-state index contributed by atoms with van der Waals surface area (Å²) in [6.45, 7) is 1.58. The first-order valence-electron chi connectivity index (χ1n) is 9.88. The number of rotatable bonds is 8. The van der Waals surface area contributed by atoms with E-state index in [1.165, 1.54) is 18.2 Å². The molecule has 0 radical (unpaired) electrons. The lowest BCUT2D eigenvalue weighted by Crippen LogP contribution is -2.40. The summed E-state index contributed by atoms with van der Waals surface area (Å²) in [6.07, 6.45) is 1.25. The molecule has 0 bridgehead atoms. The van der Waals surface area contributed by atoms with Crippen LogP contribution in [0.15, 0.2) is 47.4 Å². The number of amides is 3. The van der Waals surface area contributed by atoms with Crippen LogP contribution in [0.3, 0.4) is 0 Å². The lowest BCUT2D eigenvalue weighted by atomic mass is 10.2. The Morgan fingerprint density at radius 2 is 1.78 bits per heavy atom. The molecule has 3 N–H and O–H groups in total. The molecule has 32 heavy (non-hydrogen) atoms. The first kappa shape index (κ1) is 23.7. The SMILES string of the molecule is Cc1ccc(S(=O)(=O)NCC(=O)NCC(=O)Nc2ccc(N3CCCC3=O)c(Cl)c2)cc1. The zero-order valence-corrected chi connectivity index (χ0v) is 18.9. The van der Waals surface area contributed by atoms with Crippen LogP contribution in [0, 0.1) is 6.92 Å². The number of nitrogens with one attached hydrogen (secondary N) is 3. The minimum Gasteiger partial charge on any atom is -0.346 e. The predicted molar refractivity (Wildman–Crippen MR) is 121 cm³/mol. The van der Waals surface area contributed by atoms with Gasteiger partial charge in [-0.1, -0.05) is 29.3 Å². The topological polar surface area (TPSA) is 125 Å². The third kappa shape index (κ3) is 6.06. The Hall–Kier alpha value is -2.95. The lowest BCUT2D eigenvalue weighted by Gasteiger charge is -2.18. The zero-order valence-electron chi connectivity index (χ0n) is 17.4. The van der Waals surface area contributed by atoms with Crippen molar-refractivity contribution in [2.45, 2.75) is 24.7 Å². The van der Waals surface area contributed by atoms with Crippen LogP contribution in [-0.4, -0.2) is 45.8 Å².